The zero-order valence-corrected chi connectivity index (χ0v) is 17.2. The number of nitrogens with zero attached hydrogens (tertiary/aromatic N) is 2. The van der Waals surface area contributed by atoms with Gasteiger partial charge in [0.15, 0.2) is 6.61 Å². The summed E-state index contributed by atoms with van der Waals surface area (Å²) in [5.74, 6) is 0.743. The molecule has 1 atom stereocenters. The molecule has 0 aromatic heterocycles. The number of benzene rings is 1. The lowest BCUT2D eigenvalue weighted by Gasteiger charge is -2.37. The Hall–Kier alpha value is -2.15. The van der Waals surface area contributed by atoms with Gasteiger partial charge in [0.25, 0.3) is 5.91 Å². The number of rotatable bonds is 7. The number of hydrogen-bond acceptors (Lipinski definition) is 4. The van der Waals surface area contributed by atoms with Crippen molar-refractivity contribution in [3.05, 3.63) is 30.1 Å². The Morgan fingerprint density at radius 2 is 1.76 bits per heavy atom. The van der Waals surface area contributed by atoms with Gasteiger partial charge < -0.3 is 15.0 Å². The van der Waals surface area contributed by atoms with E-state index in [1.165, 1.54) is 56.4 Å². The Morgan fingerprint density at radius 3 is 2.41 bits per heavy atom. The predicted molar refractivity (Wildman–Crippen MR) is 109 cm³/mol. The normalized spacial score (nSPS) is 19.6. The number of carbonyl (C=O) groups is 2. The molecule has 1 aromatic carbocycles. The molecule has 0 radical (unpaired) electrons. The lowest BCUT2D eigenvalue weighted by Crippen LogP contribution is -2.55. The number of amides is 2. The molecule has 1 N–H and O–H groups in total. The number of hydrogen-bond donors (Lipinski definition) is 1. The van der Waals surface area contributed by atoms with Crippen molar-refractivity contribution in [1.82, 2.24) is 15.1 Å². The van der Waals surface area contributed by atoms with E-state index < -0.39 is 0 Å². The number of ether oxygens (including phenoxy) is 1. The maximum Gasteiger partial charge on any atom is 0.260 e. The van der Waals surface area contributed by atoms with Crippen LogP contribution >= 0.6 is 0 Å². The first kappa shape index (κ1) is 21.6. The lowest BCUT2D eigenvalue weighted by atomic mass is 9.89. The maximum absolute atomic E-state index is 12.9. The highest BCUT2D eigenvalue weighted by Gasteiger charge is 2.28. The van der Waals surface area contributed by atoms with Gasteiger partial charge in [-0.25, -0.2) is 4.39 Å². The number of carbonyl (C=O) groups excluding carboxylic acids is 2. The summed E-state index contributed by atoms with van der Waals surface area (Å²) in [6, 6.07) is 5.44. The highest BCUT2D eigenvalue weighted by atomic mass is 19.1. The summed E-state index contributed by atoms with van der Waals surface area (Å²) in [7, 11) is 0. The highest BCUT2D eigenvalue weighted by Crippen LogP contribution is 2.22. The fraction of sp³-hybridized carbons (Fsp3) is 0.636. The molecular weight excluding hydrogens is 373 g/mol. The molecular formula is C22H32FN3O3. The minimum atomic E-state index is -0.336. The van der Waals surface area contributed by atoms with Gasteiger partial charge in [-0.05, 0) is 49.9 Å². The number of halogens is 1. The van der Waals surface area contributed by atoms with E-state index in [9.17, 15) is 14.0 Å². The first-order valence-corrected chi connectivity index (χ1v) is 10.7. The van der Waals surface area contributed by atoms with E-state index in [1.807, 2.05) is 6.92 Å². The van der Waals surface area contributed by atoms with E-state index in [0.29, 0.717) is 37.8 Å². The molecule has 0 bridgehead atoms. The van der Waals surface area contributed by atoms with E-state index in [4.69, 9.17) is 4.74 Å². The molecule has 1 aromatic rings. The molecule has 29 heavy (non-hydrogen) atoms. The Bertz CT molecular complexity index is 668. The molecule has 160 valence electrons. The average Bonchev–Trinajstić information content (AvgIpc) is 2.77. The van der Waals surface area contributed by atoms with Crippen LogP contribution in [0.3, 0.4) is 0 Å². The van der Waals surface area contributed by atoms with Gasteiger partial charge in [-0.3, -0.25) is 14.5 Å². The van der Waals surface area contributed by atoms with Crippen LogP contribution in [-0.2, 0) is 9.59 Å². The summed E-state index contributed by atoms with van der Waals surface area (Å²) in [4.78, 5) is 28.7. The molecule has 2 amide bonds. The summed E-state index contributed by atoms with van der Waals surface area (Å²) in [5, 5.41) is 3.12. The first-order chi connectivity index (χ1) is 14.0. The van der Waals surface area contributed by atoms with Crippen molar-refractivity contribution in [3.63, 3.8) is 0 Å². The fourth-order valence-corrected chi connectivity index (χ4v) is 4.08. The van der Waals surface area contributed by atoms with Gasteiger partial charge in [-0.1, -0.05) is 19.3 Å². The SMILES string of the molecule is CC(C(=O)NCC1CCCCC1)N1CCN(C(=O)COc2ccc(F)cc2)CC1. The molecule has 1 aliphatic carbocycles. The second-order valence-electron chi connectivity index (χ2n) is 8.08. The van der Waals surface area contributed by atoms with Gasteiger partial charge in [-0.2, -0.15) is 0 Å². The van der Waals surface area contributed by atoms with Crippen molar-refractivity contribution < 1.29 is 18.7 Å². The Labute approximate surface area is 172 Å². The van der Waals surface area contributed by atoms with Crippen LogP contribution in [0.1, 0.15) is 39.0 Å². The molecule has 1 saturated carbocycles. The molecule has 3 rings (SSSR count). The van der Waals surface area contributed by atoms with Crippen LogP contribution in [0.5, 0.6) is 5.75 Å². The average molecular weight is 406 g/mol. The van der Waals surface area contributed by atoms with E-state index in [2.05, 4.69) is 10.2 Å². The highest BCUT2D eigenvalue weighted by molar-refractivity contribution is 5.81. The van der Waals surface area contributed by atoms with E-state index in [1.54, 1.807) is 4.90 Å². The van der Waals surface area contributed by atoms with Crippen LogP contribution < -0.4 is 10.1 Å². The zero-order chi connectivity index (χ0) is 20.6. The Morgan fingerprint density at radius 1 is 1.10 bits per heavy atom. The summed E-state index contributed by atoms with van der Waals surface area (Å²) >= 11 is 0. The number of nitrogens with one attached hydrogen (secondary N) is 1. The van der Waals surface area contributed by atoms with Crippen molar-refractivity contribution >= 4 is 11.8 Å². The van der Waals surface area contributed by atoms with Gasteiger partial charge >= 0.3 is 0 Å². The van der Waals surface area contributed by atoms with E-state index >= 15 is 0 Å². The molecule has 1 unspecified atom stereocenters. The smallest absolute Gasteiger partial charge is 0.260 e. The van der Waals surface area contributed by atoms with Crippen LogP contribution in [0.4, 0.5) is 4.39 Å². The van der Waals surface area contributed by atoms with Crippen molar-refractivity contribution in [3.8, 4) is 5.75 Å². The summed E-state index contributed by atoms with van der Waals surface area (Å²) in [5.41, 5.74) is 0. The lowest BCUT2D eigenvalue weighted by molar-refractivity contribution is -0.136. The van der Waals surface area contributed by atoms with Crippen LogP contribution in [0.2, 0.25) is 0 Å². The predicted octanol–water partition coefficient (Wildman–Crippen LogP) is 2.43. The van der Waals surface area contributed by atoms with Gasteiger partial charge in [0.05, 0.1) is 6.04 Å². The zero-order valence-electron chi connectivity index (χ0n) is 17.2. The molecule has 1 saturated heterocycles. The second-order valence-corrected chi connectivity index (χ2v) is 8.08. The fourth-order valence-electron chi connectivity index (χ4n) is 4.08. The molecule has 0 spiro atoms. The van der Waals surface area contributed by atoms with Crippen LogP contribution in [0, 0.1) is 11.7 Å². The monoisotopic (exact) mass is 405 g/mol. The molecule has 1 heterocycles. The molecule has 2 fully saturated rings. The van der Waals surface area contributed by atoms with Gasteiger partial charge in [0.1, 0.15) is 11.6 Å². The van der Waals surface area contributed by atoms with E-state index in [0.717, 1.165) is 6.54 Å². The molecule has 7 heteroatoms. The van der Waals surface area contributed by atoms with Gasteiger partial charge in [-0.15, -0.1) is 0 Å². The second kappa shape index (κ2) is 10.6. The van der Waals surface area contributed by atoms with Crippen LogP contribution in [0.15, 0.2) is 24.3 Å². The van der Waals surface area contributed by atoms with Gasteiger partial charge in [0, 0.05) is 32.7 Å². The molecule has 1 aliphatic heterocycles. The quantitative estimate of drug-likeness (QED) is 0.757. The number of piperazine rings is 1. The summed E-state index contributed by atoms with van der Waals surface area (Å²) in [6.07, 6.45) is 6.30. The third-order valence-corrected chi connectivity index (χ3v) is 6.06. The van der Waals surface area contributed by atoms with E-state index in [-0.39, 0.29) is 30.3 Å². The minimum Gasteiger partial charge on any atom is -0.484 e. The third-order valence-electron chi connectivity index (χ3n) is 6.06. The van der Waals surface area contributed by atoms with Crippen LogP contribution in [-0.4, -0.2) is 67.0 Å². The van der Waals surface area contributed by atoms with Crippen molar-refractivity contribution in [2.24, 2.45) is 5.92 Å². The largest absolute Gasteiger partial charge is 0.484 e. The standard InChI is InChI=1S/C22H32FN3O3/c1-17(22(28)24-15-18-5-3-2-4-6-18)25-11-13-26(14-12-25)21(27)16-29-20-9-7-19(23)8-10-20/h7-10,17-18H,2-6,11-16H2,1H3,(H,24,28). The molecule has 6 nitrogen and oxygen atoms in total. The van der Waals surface area contributed by atoms with Crippen molar-refractivity contribution in [2.75, 3.05) is 39.3 Å². The van der Waals surface area contributed by atoms with Crippen molar-refractivity contribution in [2.45, 2.75) is 45.1 Å². The Kier molecular flexibility index (Phi) is 7.86. The summed E-state index contributed by atoms with van der Waals surface area (Å²) in [6.45, 7) is 5.13. The molecule has 2 aliphatic rings. The summed E-state index contributed by atoms with van der Waals surface area (Å²) < 4.78 is 18.4. The Balaban J connectivity index is 1.36. The third kappa shape index (κ3) is 6.42. The topological polar surface area (TPSA) is 61.9 Å². The minimum absolute atomic E-state index is 0.0664. The maximum atomic E-state index is 12.9. The first-order valence-electron chi connectivity index (χ1n) is 10.7. The van der Waals surface area contributed by atoms with Crippen LogP contribution in [0.25, 0.3) is 0 Å². The van der Waals surface area contributed by atoms with Gasteiger partial charge in [0.2, 0.25) is 5.91 Å². The van der Waals surface area contributed by atoms with Crippen molar-refractivity contribution in [1.29, 1.82) is 0 Å².